The summed E-state index contributed by atoms with van der Waals surface area (Å²) in [6, 6.07) is 14.7. The van der Waals surface area contributed by atoms with Crippen LogP contribution in [0.25, 0.3) is 0 Å². The van der Waals surface area contributed by atoms with E-state index in [9.17, 15) is 22.4 Å². The van der Waals surface area contributed by atoms with Gasteiger partial charge in [-0.2, -0.15) is 0 Å². The Balaban J connectivity index is 1.38. The van der Waals surface area contributed by atoms with Gasteiger partial charge in [-0.1, -0.05) is 30.3 Å². The predicted molar refractivity (Wildman–Crippen MR) is 133 cm³/mol. The molecule has 2 amide bonds. The molecule has 0 radical (unpaired) electrons. The third-order valence-electron chi connectivity index (χ3n) is 5.87. The summed E-state index contributed by atoms with van der Waals surface area (Å²) in [5, 5.41) is 3.18. The number of carbonyl (C=O) groups is 2. The number of carbonyl (C=O) groups excluding carboxylic acids is 2. The fourth-order valence-corrected chi connectivity index (χ4v) is 6.78. The first-order chi connectivity index (χ1) is 16.7. The summed E-state index contributed by atoms with van der Waals surface area (Å²) in [6.07, 6.45) is 0.706. The molecule has 2 aromatic carbocycles. The highest BCUT2D eigenvalue weighted by molar-refractivity contribution is 7.91. The molecule has 3 N–H and O–H groups in total. The minimum Gasteiger partial charge on any atom is -0.365 e. The first-order valence-electron chi connectivity index (χ1n) is 11.2. The molecule has 4 rings (SSSR count). The van der Waals surface area contributed by atoms with Crippen LogP contribution in [0.2, 0.25) is 0 Å². The summed E-state index contributed by atoms with van der Waals surface area (Å²) >= 11 is 1.34. The molecule has 35 heavy (non-hydrogen) atoms. The normalized spacial score (nSPS) is 13.9. The van der Waals surface area contributed by atoms with Crippen LogP contribution < -0.4 is 11.1 Å². The highest BCUT2D eigenvalue weighted by Gasteiger charge is 2.28. The molecule has 1 aliphatic rings. The second-order valence-electron chi connectivity index (χ2n) is 8.44. The zero-order valence-electron chi connectivity index (χ0n) is 19.0. The minimum absolute atomic E-state index is 0.0151. The first-order valence-corrected chi connectivity index (χ1v) is 13.7. The van der Waals surface area contributed by atoms with Gasteiger partial charge in [0.05, 0.1) is 16.2 Å². The van der Waals surface area contributed by atoms with E-state index in [2.05, 4.69) is 22.3 Å². The van der Waals surface area contributed by atoms with Gasteiger partial charge in [-0.25, -0.2) is 12.8 Å². The number of thiophene rings is 1. The summed E-state index contributed by atoms with van der Waals surface area (Å²) in [7, 11) is -3.63. The number of fused-ring (bicyclic) bond motifs is 1. The zero-order valence-corrected chi connectivity index (χ0v) is 20.6. The van der Waals surface area contributed by atoms with Crippen molar-refractivity contribution in [2.75, 3.05) is 17.6 Å². The molecule has 184 valence electrons. The fourth-order valence-electron chi connectivity index (χ4n) is 4.15. The van der Waals surface area contributed by atoms with Crippen molar-refractivity contribution in [1.82, 2.24) is 4.90 Å². The number of amides is 2. The Bertz CT molecular complexity index is 1320. The van der Waals surface area contributed by atoms with Gasteiger partial charge in [0.15, 0.2) is 9.84 Å². The van der Waals surface area contributed by atoms with E-state index in [1.807, 2.05) is 18.2 Å². The van der Waals surface area contributed by atoms with E-state index in [0.717, 1.165) is 35.7 Å². The number of nitrogens with one attached hydrogen (secondary N) is 1. The molecule has 0 spiro atoms. The molecular formula is C25H26FN3O4S2. The standard InChI is InChI=1S/C25H26FN3O4S2/c26-18-8-10-19(11-9-18)35(32,33)14-4-7-22(30)28-25-23(24(27)31)20-12-13-29(16-21(20)34-25)15-17-5-2-1-3-6-17/h1-3,5-6,8-11H,4,7,12-16H2,(H2,27,31)(H,28,30). The van der Waals surface area contributed by atoms with E-state index in [1.54, 1.807) is 0 Å². The van der Waals surface area contributed by atoms with E-state index in [1.165, 1.54) is 29.0 Å². The number of rotatable bonds is 9. The maximum Gasteiger partial charge on any atom is 0.251 e. The molecule has 10 heteroatoms. The van der Waals surface area contributed by atoms with Gasteiger partial charge in [-0.3, -0.25) is 14.5 Å². The Morgan fingerprint density at radius 2 is 1.80 bits per heavy atom. The predicted octanol–water partition coefficient (Wildman–Crippen LogP) is 3.74. The van der Waals surface area contributed by atoms with Crippen LogP contribution in [-0.4, -0.2) is 37.4 Å². The molecule has 1 aromatic heterocycles. The Morgan fingerprint density at radius 1 is 1.09 bits per heavy atom. The molecule has 0 unspecified atom stereocenters. The van der Waals surface area contributed by atoms with Crippen molar-refractivity contribution < 1.29 is 22.4 Å². The van der Waals surface area contributed by atoms with Crippen molar-refractivity contribution in [1.29, 1.82) is 0 Å². The maximum absolute atomic E-state index is 13.1. The Kier molecular flexibility index (Phi) is 7.63. The number of anilines is 1. The molecule has 0 fully saturated rings. The number of nitrogens with two attached hydrogens (primary N) is 1. The molecule has 0 saturated carbocycles. The smallest absolute Gasteiger partial charge is 0.251 e. The van der Waals surface area contributed by atoms with Gasteiger partial charge in [0, 0.05) is 30.9 Å². The Labute approximate surface area is 207 Å². The average molecular weight is 516 g/mol. The van der Waals surface area contributed by atoms with Crippen LogP contribution in [0.1, 0.15) is 39.2 Å². The number of halogens is 1. The SMILES string of the molecule is NC(=O)c1c(NC(=O)CCCS(=O)(=O)c2ccc(F)cc2)sc2c1CCN(Cc1ccccc1)C2. The van der Waals surface area contributed by atoms with Crippen LogP contribution >= 0.6 is 11.3 Å². The van der Waals surface area contributed by atoms with E-state index < -0.39 is 21.6 Å². The molecule has 7 nitrogen and oxygen atoms in total. The van der Waals surface area contributed by atoms with Gasteiger partial charge in [-0.05, 0) is 48.2 Å². The van der Waals surface area contributed by atoms with Crippen LogP contribution in [0.3, 0.4) is 0 Å². The van der Waals surface area contributed by atoms with Crippen molar-refractivity contribution in [3.05, 3.63) is 82.0 Å². The van der Waals surface area contributed by atoms with Crippen LogP contribution in [0.5, 0.6) is 0 Å². The number of benzene rings is 2. The first kappa shape index (κ1) is 25.0. The van der Waals surface area contributed by atoms with Crippen molar-refractivity contribution >= 4 is 38.0 Å². The topological polar surface area (TPSA) is 110 Å². The van der Waals surface area contributed by atoms with Crippen LogP contribution in [-0.2, 0) is 34.1 Å². The van der Waals surface area contributed by atoms with Crippen LogP contribution in [0.4, 0.5) is 9.39 Å². The second-order valence-corrected chi connectivity index (χ2v) is 11.7. The maximum atomic E-state index is 13.1. The van der Waals surface area contributed by atoms with Crippen molar-refractivity contribution in [2.45, 2.75) is 37.2 Å². The third-order valence-corrected chi connectivity index (χ3v) is 8.82. The van der Waals surface area contributed by atoms with Crippen molar-refractivity contribution in [2.24, 2.45) is 5.73 Å². The fraction of sp³-hybridized carbons (Fsp3) is 0.280. The van der Waals surface area contributed by atoms with E-state index >= 15 is 0 Å². The van der Waals surface area contributed by atoms with E-state index in [4.69, 9.17) is 5.73 Å². The van der Waals surface area contributed by atoms with Gasteiger partial charge in [0.1, 0.15) is 10.8 Å². The molecule has 0 atom stereocenters. The highest BCUT2D eigenvalue weighted by atomic mass is 32.2. The molecule has 0 bridgehead atoms. The second kappa shape index (κ2) is 10.7. The molecular weight excluding hydrogens is 489 g/mol. The average Bonchev–Trinajstić information content (AvgIpc) is 3.17. The Morgan fingerprint density at radius 3 is 2.49 bits per heavy atom. The summed E-state index contributed by atoms with van der Waals surface area (Å²) < 4.78 is 37.9. The summed E-state index contributed by atoms with van der Waals surface area (Å²) in [5.74, 6) is -1.74. The number of primary amides is 1. The van der Waals surface area contributed by atoms with Crippen LogP contribution in [0.15, 0.2) is 59.5 Å². The lowest BCUT2D eigenvalue weighted by molar-refractivity contribution is -0.116. The highest BCUT2D eigenvalue weighted by Crippen LogP contribution is 2.37. The lowest BCUT2D eigenvalue weighted by atomic mass is 10.0. The van der Waals surface area contributed by atoms with Gasteiger partial charge < -0.3 is 11.1 Å². The van der Waals surface area contributed by atoms with Crippen molar-refractivity contribution in [3.8, 4) is 0 Å². The van der Waals surface area contributed by atoms with Gasteiger partial charge in [0.25, 0.3) is 5.91 Å². The number of hydrogen-bond donors (Lipinski definition) is 2. The molecule has 3 aromatic rings. The number of nitrogens with zero attached hydrogens (tertiary/aromatic N) is 1. The molecule has 2 heterocycles. The lowest BCUT2D eigenvalue weighted by Gasteiger charge is -2.27. The van der Waals surface area contributed by atoms with Crippen LogP contribution in [0, 0.1) is 5.82 Å². The van der Waals surface area contributed by atoms with E-state index in [0.29, 0.717) is 23.5 Å². The third kappa shape index (κ3) is 6.14. The van der Waals surface area contributed by atoms with Gasteiger partial charge in [-0.15, -0.1) is 11.3 Å². The van der Waals surface area contributed by atoms with Crippen molar-refractivity contribution in [3.63, 3.8) is 0 Å². The number of hydrogen-bond acceptors (Lipinski definition) is 6. The van der Waals surface area contributed by atoms with Gasteiger partial charge >= 0.3 is 0 Å². The summed E-state index contributed by atoms with van der Waals surface area (Å²) in [6.45, 7) is 2.21. The Hall–Kier alpha value is -3.08. The summed E-state index contributed by atoms with van der Waals surface area (Å²) in [4.78, 5) is 28.0. The molecule has 1 aliphatic heterocycles. The minimum atomic E-state index is -3.63. The summed E-state index contributed by atoms with van der Waals surface area (Å²) in [5.41, 5.74) is 8.07. The lowest BCUT2D eigenvalue weighted by Crippen LogP contribution is -2.30. The molecule has 0 aliphatic carbocycles. The van der Waals surface area contributed by atoms with E-state index in [-0.39, 0.29) is 29.4 Å². The largest absolute Gasteiger partial charge is 0.365 e. The quantitative estimate of drug-likeness (QED) is 0.422. The number of sulfone groups is 1. The monoisotopic (exact) mass is 515 g/mol. The zero-order chi connectivity index (χ0) is 25.0. The molecule has 0 saturated heterocycles. The van der Waals surface area contributed by atoms with Gasteiger partial charge in [0.2, 0.25) is 5.91 Å².